The SMILES string of the molecule is CC1=CCCC2C1(C)CCC(C)C2(C)CC=C(C=O)CC=O. The second kappa shape index (κ2) is 6.52. The van der Waals surface area contributed by atoms with E-state index in [4.69, 9.17) is 0 Å². The van der Waals surface area contributed by atoms with E-state index in [9.17, 15) is 9.59 Å². The van der Waals surface area contributed by atoms with Gasteiger partial charge in [0.1, 0.15) is 12.6 Å². The summed E-state index contributed by atoms with van der Waals surface area (Å²) in [7, 11) is 0. The third kappa shape index (κ3) is 2.85. The summed E-state index contributed by atoms with van der Waals surface area (Å²) >= 11 is 0. The molecule has 2 aliphatic carbocycles. The van der Waals surface area contributed by atoms with Gasteiger partial charge in [0.2, 0.25) is 0 Å². The van der Waals surface area contributed by atoms with Gasteiger partial charge in [0, 0.05) is 6.42 Å². The fourth-order valence-corrected chi connectivity index (χ4v) is 4.88. The Morgan fingerprint density at radius 2 is 2.05 bits per heavy atom. The summed E-state index contributed by atoms with van der Waals surface area (Å²) in [5, 5.41) is 0. The Kier molecular flexibility index (Phi) is 5.09. The van der Waals surface area contributed by atoms with Crippen molar-refractivity contribution < 1.29 is 9.59 Å². The van der Waals surface area contributed by atoms with Crippen LogP contribution in [0.25, 0.3) is 0 Å². The average molecular weight is 302 g/mol. The summed E-state index contributed by atoms with van der Waals surface area (Å²) in [5.41, 5.74) is 2.70. The molecule has 2 rings (SSSR count). The quantitative estimate of drug-likeness (QED) is 0.411. The monoisotopic (exact) mass is 302 g/mol. The van der Waals surface area contributed by atoms with E-state index in [2.05, 4.69) is 33.8 Å². The first kappa shape index (κ1) is 17.2. The first-order chi connectivity index (χ1) is 10.4. The highest BCUT2D eigenvalue weighted by Gasteiger charge is 2.52. The third-order valence-corrected chi connectivity index (χ3v) is 6.87. The normalized spacial score (nSPS) is 38.9. The molecule has 1 fully saturated rings. The Morgan fingerprint density at radius 3 is 2.68 bits per heavy atom. The number of allylic oxidation sites excluding steroid dienone is 4. The third-order valence-electron chi connectivity index (χ3n) is 6.87. The maximum Gasteiger partial charge on any atom is 0.146 e. The highest BCUT2D eigenvalue weighted by atomic mass is 16.1. The van der Waals surface area contributed by atoms with Crippen molar-refractivity contribution in [3.8, 4) is 0 Å². The van der Waals surface area contributed by atoms with E-state index in [-0.39, 0.29) is 11.8 Å². The molecule has 0 radical (unpaired) electrons. The smallest absolute Gasteiger partial charge is 0.146 e. The van der Waals surface area contributed by atoms with Gasteiger partial charge in [-0.25, -0.2) is 0 Å². The van der Waals surface area contributed by atoms with E-state index in [0.717, 1.165) is 19.0 Å². The molecule has 1 saturated carbocycles. The van der Waals surface area contributed by atoms with Crippen molar-refractivity contribution in [1.29, 1.82) is 0 Å². The first-order valence-electron chi connectivity index (χ1n) is 8.63. The highest BCUT2D eigenvalue weighted by molar-refractivity contribution is 5.78. The number of aldehydes is 2. The first-order valence-corrected chi connectivity index (χ1v) is 8.63. The minimum Gasteiger partial charge on any atom is -0.303 e. The van der Waals surface area contributed by atoms with Gasteiger partial charge in [-0.15, -0.1) is 0 Å². The van der Waals surface area contributed by atoms with Gasteiger partial charge >= 0.3 is 0 Å². The minimum absolute atomic E-state index is 0.208. The molecule has 22 heavy (non-hydrogen) atoms. The van der Waals surface area contributed by atoms with Gasteiger partial charge in [0.15, 0.2) is 0 Å². The summed E-state index contributed by atoms with van der Waals surface area (Å²) < 4.78 is 0. The van der Waals surface area contributed by atoms with Crippen LogP contribution in [0.3, 0.4) is 0 Å². The Hall–Kier alpha value is -1.18. The fraction of sp³-hybridized carbons (Fsp3) is 0.700. The zero-order valence-corrected chi connectivity index (χ0v) is 14.5. The zero-order valence-electron chi connectivity index (χ0n) is 14.5. The number of hydrogen-bond acceptors (Lipinski definition) is 2. The molecule has 4 atom stereocenters. The van der Waals surface area contributed by atoms with Gasteiger partial charge in [-0.3, -0.25) is 4.79 Å². The largest absolute Gasteiger partial charge is 0.303 e. The Labute approximate surface area is 135 Å². The van der Waals surface area contributed by atoms with Crippen molar-refractivity contribution in [1.82, 2.24) is 0 Å². The molecule has 2 nitrogen and oxygen atoms in total. The van der Waals surface area contributed by atoms with Crippen LogP contribution in [0, 0.1) is 22.7 Å². The standard InChI is InChI=1S/C20H30O2/c1-15-6-5-7-18-19(15,3)11-8-16(2)20(18,4)12-9-17(14-22)10-13-21/h6,9,13-14,16,18H,5,7-8,10-12H2,1-4H3. The topological polar surface area (TPSA) is 34.1 Å². The van der Waals surface area contributed by atoms with Crippen molar-refractivity contribution in [2.45, 2.75) is 66.2 Å². The zero-order chi connectivity index (χ0) is 16.4. The molecule has 122 valence electrons. The predicted molar refractivity (Wildman–Crippen MR) is 90.5 cm³/mol. The van der Waals surface area contributed by atoms with Gasteiger partial charge in [0.05, 0.1) is 0 Å². The number of carbonyl (C=O) groups excluding carboxylic acids is 2. The van der Waals surface area contributed by atoms with Gasteiger partial charge in [-0.2, -0.15) is 0 Å². The van der Waals surface area contributed by atoms with Crippen LogP contribution in [0.5, 0.6) is 0 Å². The van der Waals surface area contributed by atoms with Crippen LogP contribution in [0.1, 0.15) is 66.2 Å². The van der Waals surface area contributed by atoms with E-state index in [0.29, 0.717) is 22.8 Å². The summed E-state index contributed by atoms with van der Waals surface area (Å²) in [4.78, 5) is 21.8. The molecule has 0 aliphatic heterocycles. The molecular formula is C20H30O2. The predicted octanol–water partition coefficient (Wildman–Crippen LogP) is 4.89. The fourth-order valence-electron chi connectivity index (χ4n) is 4.88. The number of carbonyl (C=O) groups is 2. The lowest BCUT2D eigenvalue weighted by Crippen LogP contribution is -2.49. The summed E-state index contributed by atoms with van der Waals surface area (Å²) in [6.45, 7) is 9.49. The van der Waals surface area contributed by atoms with Crippen LogP contribution < -0.4 is 0 Å². The lowest BCUT2D eigenvalue weighted by atomic mass is 9.47. The van der Waals surface area contributed by atoms with E-state index in [1.807, 2.05) is 6.08 Å². The molecule has 0 saturated heterocycles. The van der Waals surface area contributed by atoms with Gasteiger partial charge in [0.25, 0.3) is 0 Å². The van der Waals surface area contributed by atoms with Crippen molar-refractivity contribution in [3.63, 3.8) is 0 Å². The van der Waals surface area contributed by atoms with E-state index in [1.165, 1.54) is 25.7 Å². The lowest BCUT2D eigenvalue weighted by Gasteiger charge is -2.57. The molecule has 2 heteroatoms. The van der Waals surface area contributed by atoms with Gasteiger partial charge in [-0.1, -0.05) is 38.5 Å². The molecular weight excluding hydrogens is 272 g/mol. The maximum atomic E-state index is 11.1. The molecule has 0 aromatic carbocycles. The molecule has 4 unspecified atom stereocenters. The summed E-state index contributed by atoms with van der Waals surface area (Å²) in [5.74, 6) is 1.31. The lowest BCUT2D eigenvalue weighted by molar-refractivity contribution is -0.109. The second-order valence-electron chi connectivity index (χ2n) is 7.85. The number of fused-ring (bicyclic) bond motifs is 1. The second-order valence-corrected chi connectivity index (χ2v) is 7.85. The van der Waals surface area contributed by atoms with E-state index in [1.54, 1.807) is 5.57 Å². The summed E-state index contributed by atoms with van der Waals surface area (Å²) in [6.07, 6.45) is 12.2. The Morgan fingerprint density at radius 1 is 1.32 bits per heavy atom. The molecule has 2 aliphatic rings. The molecule has 0 amide bonds. The highest BCUT2D eigenvalue weighted by Crippen LogP contribution is 2.61. The van der Waals surface area contributed by atoms with Gasteiger partial charge < -0.3 is 4.79 Å². The molecule has 0 aromatic heterocycles. The molecule has 0 N–H and O–H groups in total. The van der Waals surface area contributed by atoms with Crippen LogP contribution in [0.4, 0.5) is 0 Å². The number of hydrogen-bond donors (Lipinski definition) is 0. The van der Waals surface area contributed by atoms with Crippen molar-refractivity contribution in [2.75, 3.05) is 0 Å². The molecule has 0 aromatic rings. The molecule has 0 heterocycles. The minimum atomic E-state index is 0.208. The average Bonchev–Trinajstić information content (AvgIpc) is 2.50. The van der Waals surface area contributed by atoms with Crippen LogP contribution in [-0.4, -0.2) is 12.6 Å². The summed E-state index contributed by atoms with van der Waals surface area (Å²) in [6, 6.07) is 0. The van der Waals surface area contributed by atoms with Crippen LogP contribution in [0.15, 0.2) is 23.3 Å². The van der Waals surface area contributed by atoms with Crippen LogP contribution in [0.2, 0.25) is 0 Å². The van der Waals surface area contributed by atoms with Crippen molar-refractivity contribution in [3.05, 3.63) is 23.3 Å². The maximum absolute atomic E-state index is 11.1. The van der Waals surface area contributed by atoms with Crippen LogP contribution in [-0.2, 0) is 9.59 Å². The van der Waals surface area contributed by atoms with E-state index >= 15 is 0 Å². The number of rotatable bonds is 5. The molecule has 0 bridgehead atoms. The van der Waals surface area contributed by atoms with E-state index < -0.39 is 0 Å². The Balaban J connectivity index is 2.31. The van der Waals surface area contributed by atoms with Crippen LogP contribution >= 0.6 is 0 Å². The molecule has 0 spiro atoms. The van der Waals surface area contributed by atoms with Crippen molar-refractivity contribution in [2.24, 2.45) is 22.7 Å². The van der Waals surface area contributed by atoms with Gasteiger partial charge in [-0.05, 0) is 67.3 Å². The van der Waals surface area contributed by atoms with Crippen molar-refractivity contribution >= 4 is 12.6 Å². The Bertz CT molecular complexity index is 502.